The lowest BCUT2D eigenvalue weighted by molar-refractivity contribution is 0.202. The molecule has 16 heavy (non-hydrogen) atoms. The second-order valence-electron chi connectivity index (χ2n) is 5.48. The molecule has 1 aromatic carbocycles. The molecule has 1 aromatic rings. The average molecular weight is 215 g/mol. The number of benzene rings is 1. The van der Waals surface area contributed by atoms with Crippen LogP contribution in [0.2, 0.25) is 0 Å². The number of hydrogen-bond donors (Lipinski definition) is 1. The van der Waals surface area contributed by atoms with Crippen LogP contribution < -0.4 is 5.32 Å². The molecule has 0 bridgehead atoms. The number of hydrogen-bond acceptors (Lipinski definition) is 1. The standard InChI is InChI=1S/C15H21N/c1-16-14(12-6-5-7-12)15(10-11-15)13-8-3-2-4-9-13/h2-4,8-9,12,14,16H,5-7,10-11H2,1H3. The van der Waals surface area contributed by atoms with Crippen LogP contribution in [0.3, 0.4) is 0 Å². The summed E-state index contributed by atoms with van der Waals surface area (Å²) in [6.07, 6.45) is 7.05. The lowest BCUT2D eigenvalue weighted by Crippen LogP contribution is -2.46. The van der Waals surface area contributed by atoms with Crippen LogP contribution in [-0.2, 0) is 5.41 Å². The van der Waals surface area contributed by atoms with Crippen LogP contribution in [0, 0.1) is 5.92 Å². The minimum Gasteiger partial charge on any atom is -0.316 e. The van der Waals surface area contributed by atoms with Gasteiger partial charge in [-0.05, 0) is 44.2 Å². The van der Waals surface area contributed by atoms with Crippen LogP contribution >= 0.6 is 0 Å². The second kappa shape index (κ2) is 3.89. The van der Waals surface area contributed by atoms with Crippen molar-refractivity contribution in [2.24, 2.45) is 5.92 Å². The van der Waals surface area contributed by atoms with Gasteiger partial charge in [0.1, 0.15) is 0 Å². The normalized spacial score (nSPS) is 24.8. The maximum absolute atomic E-state index is 3.61. The van der Waals surface area contributed by atoms with E-state index in [9.17, 15) is 0 Å². The molecule has 2 fully saturated rings. The summed E-state index contributed by atoms with van der Waals surface area (Å²) in [4.78, 5) is 0. The van der Waals surface area contributed by atoms with Crippen molar-refractivity contribution in [3.63, 3.8) is 0 Å². The van der Waals surface area contributed by atoms with Gasteiger partial charge in [-0.2, -0.15) is 0 Å². The van der Waals surface area contributed by atoms with Gasteiger partial charge in [0.15, 0.2) is 0 Å². The number of likely N-dealkylation sites (N-methyl/N-ethyl adjacent to an activating group) is 1. The maximum atomic E-state index is 3.61. The zero-order valence-corrected chi connectivity index (χ0v) is 10.1. The van der Waals surface area contributed by atoms with E-state index >= 15 is 0 Å². The van der Waals surface area contributed by atoms with Crippen molar-refractivity contribution in [3.8, 4) is 0 Å². The second-order valence-corrected chi connectivity index (χ2v) is 5.48. The zero-order valence-electron chi connectivity index (χ0n) is 10.1. The van der Waals surface area contributed by atoms with Crippen molar-refractivity contribution in [1.82, 2.24) is 5.32 Å². The third-order valence-electron chi connectivity index (χ3n) is 4.66. The fraction of sp³-hybridized carbons (Fsp3) is 0.600. The predicted octanol–water partition coefficient (Wildman–Crippen LogP) is 3.11. The molecule has 1 unspecified atom stereocenters. The highest BCUT2D eigenvalue weighted by atomic mass is 14.9. The summed E-state index contributed by atoms with van der Waals surface area (Å²) < 4.78 is 0. The summed E-state index contributed by atoms with van der Waals surface area (Å²) in [5.74, 6) is 0.924. The molecule has 0 saturated heterocycles. The molecule has 3 rings (SSSR count). The maximum Gasteiger partial charge on any atom is 0.0189 e. The molecule has 0 amide bonds. The van der Waals surface area contributed by atoms with E-state index in [1.54, 1.807) is 5.56 Å². The van der Waals surface area contributed by atoms with Gasteiger partial charge in [-0.3, -0.25) is 0 Å². The third kappa shape index (κ3) is 1.49. The molecule has 0 spiro atoms. The van der Waals surface area contributed by atoms with Crippen molar-refractivity contribution in [1.29, 1.82) is 0 Å². The Kier molecular flexibility index (Phi) is 2.51. The Morgan fingerprint density at radius 1 is 1.19 bits per heavy atom. The fourth-order valence-electron chi connectivity index (χ4n) is 3.42. The summed E-state index contributed by atoms with van der Waals surface area (Å²) in [5.41, 5.74) is 2.03. The molecular formula is C15H21N. The molecule has 2 saturated carbocycles. The van der Waals surface area contributed by atoms with Gasteiger partial charge >= 0.3 is 0 Å². The molecule has 2 aliphatic carbocycles. The molecule has 86 valence electrons. The Morgan fingerprint density at radius 2 is 1.88 bits per heavy atom. The molecular weight excluding hydrogens is 194 g/mol. The van der Waals surface area contributed by atoms with E-state index in [0.29, 0.717) is 11.5 Å². The van der Waals surface area contributed by atoms with Crippen molar-refractivity contribution in [2.75, 3.05) is 7.05 Å². The summed E-state index contributed by atoms with van der Waals surface area (Å²) in [7, 11) is 2.14. The third-order valence-corrected chi connectivity index (χ3v) is 4.66. The minimum atomic E-state index is 0.473. The van der Waals surface area contributed by atoms with E-state index < -0.39 is 0 Å². The van der Waals surface area contributed by atoms with Crippen molar-refractivity contribution in [3.05, 3.63) is 35.9 Å². The summed E-state index contributed by atoms with van der Waals surface area (Å²) in [6, 6.07) is 11.8. The van der Waals surface area contributed by atoms with Gasteiger partial charge in [-0.1, -0.05) is 36.8 Å². The highest BCUT2D eigenvalue weighted by Crippen LogP contribution is 2.55. The molecule has 0 aromatic heterocycles. The van der Waals surface area contributed by atoms with Gasteiger partial charge in [0.05, 0.1) is 0 Å². The monoisotopic (exact) mass is 215 g/mol. The smallest absolute Gasteiger partial charge is 0.0189 e. The van der Waals surface area contributed by atoms with Gasteiger partial charge in [-0.25, -0.2) is 0 Å². The fourth-order valence-corrected chi connectivity index (χ4v) is 3.42. The molecule has 0 aliphatic heterocycles. The molecule has 0 heterocycles. The van der Waals surface area contributed by atoms with Gasteiger partial charge in [0.2, 0.25) is 0 Å². The van der Waals surface area contributed by atoms with Crippen LogP contribution in [0.4, 0.5) is 0 Å². The van der Waals surface area contributed by atoms with Crippen LogP contribution in [-0.4, -0.2) is 13.1 Å². The van der Waals surface area contributed by atoms with Gasteiger partial charge in [-0.15, -0.1) is 0 Å². The number of rotatable bonds is 4. The van der Waals surface area contributed by atoms with E-state index in [1.807, 2.05) is 0 Å². The predicted molar refractivity (Wildman–Crippen MR) is 67.5 cm³/mol. The molecule has 1 atom stereocenters. The van der Waals surface area contributed by atoms with E-state index in [0.717, 1.165) is 5.92 Å². The molecule has 0 radical (unpaired) electrons. The molecule has 1 N–H and O–H groups in total. The average Bonchev–Trinajstić information content (AvgIpc) is 3.05. The van der Waals surface area contributed by atoms with Crippen molar-refractivity contribution < 1.29 is 0 Å². The quantitative estimate of drug-likeness (QED) is 0.813. The Balaban J connectivity index is 1.86. The first-order chi connectivity index (χ1) is 7.87. The molecule has 2 aliphatic rings. The lowest BCUT2D eigenvalue weighted by atomic mass is 9.71. The van der Waals surface area contributed by atoms with Crippen LogP contribution in [0.1, 0.15) is 37.7 Å². The first-order valence-electron chi connectivity index (χ1n) is 6.59. The largest absolute Gasteiger partial charge is 0.316 e. The molecule has 1 heteroatoms. The van der Waals surface area contributed by atoms with E-state index in [2.05, 4.69) is 42.7 Å². The Bertz CT molecular complexity index is 349. The molecule has 1 nitrogen and oxygen atoms in total. The summed E-state index contributed by atoms with van der Waals surface area (Å²) >= 11 is 0. The number of nitrogens with one attached hydrogen (secondary N) is 1. The van der Waals surface area contributed by atoms with E-state index in [-0.39, 0.29) is 0 Å². The zero-order chi connectivity index (χ0) is 11.0. The summed E-state index contributed by atoms with van der Waals surface area (Å²) in [5, 5.41) is 3.61. The first-order valence-corrected chi connectivity index (χ1v) is 6.59. The van der Waals surface area contributed by atoms with E-state index in [1.165, 1.54) is 32.1 Å². The van der Waals surface area contributed by atoms with E-state index in [4.69, 9.17) is 0 Å². The lowest BCUT2D eigenvalue weighted by Gasteiger charge is -2.39. The SMILES string of the molecule is CNC(C1CCC1)C1(c2ccccc2)CC1. The highest BCUT2D eigenvalue weighted by Gasteiger charge is 2.53. The van der Waals surface area contributed by atoms with Crippen LogP contribution in [0.5, 0.6) is 0 Å². The van der Waals surface area contributed by atoms with Gasteiger partial charge in [0.25, 0.3) is 0 Å². The van der Waals surface area contributed by atoms with Crippen LogP contribution in [0.15, 0.2) is 30.3 Å². The van der Waals surface area contributed by atoms with Crippen molar-refractivity contribution in [2.45, 2.75) is 43.6 Å². The first kappa shape index (κ1) is 10.3. The Labute approximate surface area is 98.3 Å². The summed E-state index contributed by atoms with van der Waals surface area (Å²) in [6.45, 7) is 0. The topological polar surface area (TPSA) is 12.0 Å². The van der Waals surface area contributed by atoms with Crippen molar-refractivity contribution >= 4 is 0 Å². The van der Waals surface area contributed by atoms with Gasteiger partial charge < -0.3 is 5.32 Å². The Hall–Kier alpha value is -0.820. The van der Waals surface area contributed by atoms with Gasteiger partial charge in [0, 0.05) is 11.5 Å². The highest BCUT2D eigenvalue weighted by molar-refractivity contribution is 5.34. The van der Waals surface area contributed by atoms with Crippen LogP contribution in [0.25, 0.3) is 0 Å². The Morgan fingerprint density at radius 3 is 2.31 bits per heavy atom. The minimum absolute atomic E-state index is 0.473.